The van der Waals surface area contributed by atoms with Crippen molar-refractivity contribution in [3.05, 3.63) is 29.3 Å². The van der Waals surface area contributed by atoms with Crippen LogP contribution in [0.4, 0.5) is 0 Å². The molecule has 1 atom stereocenters. The SMILES string of the molecule is CN[C@@H](CO)c1cccc2c1CCO2. The molecular weight excluding hydrogens is 178 g/mol. The number of ether oxygens (including phenoxy) is 1. The number of aliphatic hydroxyl groups is 1. The Morgan fingerprint density at radius 1 is 1.57 bits per heavy atom. The van der Waals surface area contributed by atoms with E-state index in [0.717, 1.165) is 24.3 Å². The maximum Gasteiger partial charge on any atom is 0.122 e. The molecule has 14 heavy (non-hydrogen) atoms. The highest BCUT2D eigenvalue weighted by Crippen LogP contribution is 2.31. The lowest BCUT2D eigenvalue weighted by atomic mass is 9.99. The number of likely N-dealkylation sites (N-methyl/N-ethyl adjacent to an activating group) is 1. The first-order valence-corrected chi connectivity index (χ1v) is 4.89. The fourth-order valence-corrected chi connectivity index (χ4v) is 1.92. The second-order valence-electron chi connectivity index (χ2n) is 3.45. The molecule has 2 rings (SSSR count). The molecule has 1 aliphatic rings. The summed E-state index contributed by atoms with van der Waals surface area (Å²) < 4.78 is 5.47. The highest BCUT2D eigenvalue weighted by Gasteiger charge is 2.19. The Labute approximate surface area is 83.7 Å². The second-order valence-corrected chi connectivity index (χ2v) is 3.45. The van der Waals surface area contributed by atoms with Crippen LogP contribution in [0, 0.1) is 0 Å². The lowest BCUT2D eigenvalue weighted by Crippen LogP contribution is -2.21. The van der Waals surface area contributed by atoms with E-state index >= 15 is 0 Å². The van der Waals surface area contributed by atoms with Crippen molar-refractivity contribution in [2.24, 2.45) is 0 Å². The van der Waals surface area contributed by atoms with Crippen LogP contribution in [0.25, 0.3) is 0 Å². The molecule has 1 aromatic carbocycles. The van der Waals surface area contributed by atoms with E-state index in [4.69, 9.17) is 4.74 Å². The standard InChI is InChI=1S/C11H15NO2/c1-12-10(7-13)8-3-2-4-11-9(8)5-6-14-11/h2-4,10,12-13H,5-7H2,1H3/t10-/m0/s1. The van der Waals surface area contributed by atoms with E-state index in [9.17, 15) is 5.11 Å². The van der Waals surface area contributed by atoms with Crippen molar-refractivity contribution >= 4 is 0 Å². The van der Waals surface area contributed by atoms with Gasteiger partial charge >= 0.3 is 0 Å². The highest BCUT2D eigenvalue weighted by atomic mass is 16.5. The minimum Gasteiger partial charge on any atom is -0.493 e. The fraction of sp³-hybridized carbons (Fsp3) is 0.455. The Morgan fingerprint density at radius 3 is 3.14 bits per heavy atom. The van der Waals surface area contributed by atoms with Crippen molar-refractivity contribution in [2.45, 2.75) is 12.5 Å². The average molecular weight is 193 g/mol. The second kappa shape index (κ2) is 3.98. The number of aliphatic hydroxyl groups excluding tert-OH is 1. The Morgan fingerprint density at radius 2 is 2.43 bits per heavy atom. The van der Waals surface area contributed by atoms with Crippen LogP contribution in [0.15, 0.2) is 18.2 Å². The molecule has 0 amide bonds. The molecule has 0 saturated carbocycles. The van der Waals surface area contributed by atoms with Gasteiger partial charge in [0.05, 0.1) is 19.3 Å². The third kappa shape index (κ3) is 1.49. The smallest absolute Gasteiger partial charge is 0.122 e. The first-order chi connectivity index (χ1) is 6.86. The lowest BCUT2D eigenvalue weighted by molar-refractivity contribution is 0.250. The van der Waals surface area contributed by atoms with Gasteiger partial charge in [-0.15, -0.1) is 0 Å². The van der Waals surface area contributed by atoms with E-state index in [1.165, 1.54) is 5.56 Å². The van der Waals surface area contributed by atoms with E-state index in [1.54, 1.807) is 0 Å². The van der Waals surface area contributed by atoms with Gasteiger partial charge in [-0.05, 0) is 18.7 Å². The molecule has 0 aliphatic carbocycles. The maximum absolute atomic E-state index is 9.21. The maximum atomic E-state index is 9.21. The first-order valence-electron chi connectivity index (χ1n) is 4.89. The summed E-state index contributed by atoms with van der Waals surface area (Å²) in [7, 11) is 1.86. The summed E-state index contributed by atoms with van der Waals surface area (Å²) in [5.41, 5.74) is 2.39. The predicted molar refractivity (Wildman–Crippen MR) is 54.5 cm³/mol. The van der Waals surface area contributed by atoms with Crippen LogP contribution >= 0.6 is 0 Å². The molecule has 0 fully saturated rings. The zero-order valence-corrected chi connectivity index (χ0v) is 8.29. The average Bonchev–Trinajstić information content (AvgIpc) is 2.68. The van der Waals surface area contributed by atoms with E-state index in [1.807, 2.05) is 25.2 Å². The van der Waals surface area contributed by atoms with Crippen LogP contribution in [0.3, 0.4) is 0 Å². The van der Waals surface area contributed by atoms with Gasteiger partial charge in [0.1, 0.15) is 5.75 Å². The third-order valence-electron chi connectivity index (χ3n) is 2.69. The molecule has 0 unspecified atom stereocenters. The van der Waals surface area contributed by atoms with Crippen LogP contribution in [0.1, 0.15) is 17.2 Å². The van der Waals surface area contributed by atoms with Gasteiger partial charge in [0.2, 0.25) is 0 Å². The number of rotatable bonds is 3. The monoisotopic (exact) mass is 193 g/mol. The van der Waals surface area contributed by atoms with Gasteiger partial charge in [-0.2, -0.15) is 0 Å². The summed E-state index contributed by atoms with van der Waals surface area (Å²) in [5.74, 6) is 0.969. The molecule has 0 radical (unpaired) electrons. The summed E-state index contributed by atoms with van der Waals surface area (Å²) in [4.78, 5) is 0. The van der Waals surface area contributed by atoms with Crippen molar-refractivity contribution in [3.63, 3.8) is 0 Å². The number of benzene rings is 1. The molecule has 0 aromatic heterocycles. The van der Waals surface area contributed by atoms with E-state index in [-0.39, 0.29) is 12.6 Å². The number of hydrogen-bond donors (Lipinski definition) is 2. The number of hydrogen-bond acceptors (Lipinski definition) is 3. The summed E-state index contributed by atoms with van der Waals surface area (Å²) in [6, 6.07) is 6.02. The molecular formula is C11H15NO2. The van der Waals surface area contributed by atoms with Gasteiger partial charge in [-0.25, -0.2) is 0 Å². The van der Waals surface area contributed by atoms with E-state index < -0.39 is 0 Å². The molecule has 0 saturated heterocycles. The molecule has 1 aliphatic heterocycles. The minimum atomic E-state index is 0.0200. The molecule has 1 heterocycles. The number of fused-ring (bicyclic) bond motifs is 1. The van der Waals surface area contributed by atoms with Crippen LogP contribution in [0.2, 0.25) is 0 Å². The van der Waals surface area contributed by atoms with Crippen LogP contribution < -0.4 is 10.1 Å². The van der Waals surface area contributed by atoms with Gasteiger partial charge in [0.15, 0.2) is 0 Å². The molecule has 3 heteroatoms. The molecule has 0 bridgehead atoms. The van der Waals surface area contributed by atoms with Gasteiger partial charge in [0.25, 0.3) is 0 Å². The third-order valence-corrected chi connectivity index (χ3v) is 2.69. The van der Waals surface area contributed by atoms with Gasteiger partial charge < -0.3 is 15.2 Å². The largest absolute Gasteiger partial charge is 0.493 e. The molecule has 1 aromatic rings. The van der Waals surface area contributed by atoms with Crippen molar-refractivity contribution < 1.29 is 9.84 Å². The van der Waals surface area contributed by atoms with E-state index in [0.29, 0.717) is 0 Å². The van der Waals surface area contributed by atoms with Crippen molar-refractivity contribution in [1.82, 2.24) is 5.32 Å². The van der Waals surface area contributed by atoms with Crippen molar-refractivity contribution in [3.8, 4) is 5.75 Å². The summed E-state index contributed by atoms with van der Waals surface area (Å²) in [6.45, 7) is 0.876. The Kier molecular flexibility index (Phi) is 2.70. The van der Waals surface area contributed by atoms with E-state index in [2.05, 4.69) is 5.32 Å². The Hall–Kier alpha value is -1.06. The van der Waals surface area contributed by atoms with Crippen LogP contribution in [-0.4, -0.2) is 25.4 Å². The Balaban J connectivity index is 2.38. The summed E-state index contributed by atoms with van der Waals surface area (Å²) >= 11 is 0. The summed E-state index contributed by atoms with van der Waals surface area (Å²) in [5, 5.41) is 12.3. The zero-order valence-electron chi connectivity index (χ0n) is 8.29. The molecule has 2 N–H and O–H groups in total. The first kappa shape index (κ1) is 9.49. The summed E-state index contributed by atoms with van der Waals surface area (Å²) in [6.07, 6.45) is 0.948. The minimum absolute atomic E-state index is 0.0200. The zero-order chi connectivity index (χ0) is 9.97. The lowest BCUT2D eigenvalue weighted by Gasteiger charge is -2.16. The Bertz CT molecular complexity index is 321. The quantitative estimate of drug-likeness (QED) is 0.748. The normalized spacial score (nSPS) is 16.1. The van der Waals surface area contributed by atoms with Crippen molar-refractivity contribution in [1.29, 1.82) is 0 Å². The number of nitrogens with one attached hydrogen (secondary N) is 1. The topological polar surface area (TPSA) is 41.5 Å². The highest BCUT2D eigenvalue weighted by molar-refractivity contribution is 5.44. The van der Waals surface area contributed by atoms with Crippen LogP contribution in [-0.2, 0) is 6.42 Å². The predicted octanol–water partition coefficient (Wildman–Crippen LogP) is 0.874. The van der Waals surface area contributed by atoms with Gasteiger partial charge in [-0.3, -0.25) is 0 Å². The molecule has 0 spiro atoms. The molecule has 76 valence electrons. The van der Waals surface area contributed by atoms with Gasteiger partial charge in [-0.1, -0.05) is 12.1 Å². The van der Waals surface area contributed by atoms with Crippen molar-refractivity contribution in [2.75, 3.05) is 20.3 Å². The fourth-order valence-electron chi connectivity index (χ4n) is 1.92. The molecule has 3 nitrogen and oxygen atoms in total. The van der Waals surface area contributed by atoms with Crippen LogP contribution in [0.5, 0.6) is 5.75 Å². The van der Waals surface area contributed by atoms with Gasteiger partial charge in [0, 0.05) is 12.0 Å².